The van der Waals surface area contributed by atoms with Gasteiger partial charge < -0.3 is 15.2 Å². The van der Waals surface area contributed by atoms with Crippen molar-refractivity contribution in [2.45, 2.75) is 51.6 Å². The lowest BCUT2D eigenvalue weighted by molar-refractivity contribution is -0.384. The highest BCUT2D eigenvalue weighted by atomic mass is 16.6. The minimum absolute atomic E-state index is 0.0925. The maximum Gasteiger partial charge on any atom is 0.269 e. The number of hydrogen-bond acceptors (Lipinski definition) is 7. The van der Waals surface area contributed by atoms with E-state index in [0.29, 0.717) is 24.4 Å². The molecule has 2 aromatic rings. The summed E-state index contributed by atoms with van der Waals surface area (Å²) in [5, 5.41) is 10.5. The SMILES string of the molecule is C[C@H](COc1ccc(N)cc1)N1CCCC1.C[C@H](COc1ccc([N+](=O)[O-])cc1)N1CCCC1. The van der Waals surface area contributed by atoms with Gasteiger partial charge in [-0.3, -0.25) is 19.9 Å². The fourth-order valence-corrected chi connectivity index (χ4v) is 4.24. The molecule has 0 radical (unpaired) electrons. The predicted molar refractivity (Wildman–Crippen MR) is 135 cm³/mol. The van der Waals surface area contributed by atoms with Gasteiger partial charge in [0, 0.05) is 29.9 Å². The molecule has 2 N–H and O–H groups in total. The van der Waals surface area contributed by atoms with Gasteiger partial charge in [0.05, 0.1) is 4.92 Å². The molecule has 0 aliphatic carbocycles. The third-order valence-corrected chi connectivity index (χ3v) is 6.44. The zero-order chi connectivity index (χ0) is 24.3. The van der Waals surface area contributed by atoms with Crippen LogP contribution in [0.15, 0.2) is 48.5 Å². The smallest absolute Gasteiger partial charge is 0.269 e. The molecule has 0 saturated carbocycles. The Kier molecular flexibility index (Phi) is 9.97. The van der Waals surface area contributed by atoms with Crippen LogP contribution in [0.2, 0.25) is 0 Å². The van der Waals surface area contributed by atoms with Crippen LogP contribution in [0.4, 0.5) is 11.4 Å². The molecule has 0 unspecified atom stereocenters. The average Bonchev–Trinajstić information content (AvgIpc) is 3.57. The zero-order valence-electron chi connectivity index (χ0n) is 20.4. The van der Waals surface area contributed by atoms with Crippen molar-refractivity contribution in [1.29, 1.82) is 0 Å². The highest BCUT2D eigenvalue weighted by molar-refractivity contribution is 5.41. The number of ether oxygens (including phenoxy) is 2. The number of non-ortho nitro benzene ring substituents is 1. The van der Waals surface area contributed by atoms with Crippen LogP contribution >= 0.6 is 0 Å². The first-order valence-electron chi connectivity index (χ1n) is 12.3. The van der Waals surface area contributed by atoms with Crippen LogP contribution in [0.3, 0.4) is 0 Å². The van der Waals surface area contributed by atoms with Gasteiger partial charge in [0.25, 0.3) is 5.69 Å². The van der Waals surface area contributed by atoms with Gasteiger partial charge >= 0.3 is 0 Å². The van der Waals surface area contributed by atoms with Gasteiger partial charge in [-0.05, 0) is 102 Å². The van der Waals surface area contributed by atoms with Crippen LogP contribution in [-0.4, -0.2) is 66.2 Å². The third-order valence-electron chi connectivity index (χ3n) is 6.44. The molecular formula is C26H38N4O4. The first-order chi connectivity index (χ1) is 16.4. The van der Waals surface area contributed by atoms with E-state index in [4.69, 9.17) is 15.2 Å². The van der Waals surface area contributed by atoms with Crippen LogP contribution in [-0.2, 0) is 0 Å². The summed E-state index contributed by atoms with van der Waals surface area (Å²) in [6, 6.07) is 14.7. The maximum absolute atomic E-state index is 10.5. The second-order valence-corrected chi connectivity index (χ2v) is 9.13. The lowest BCUT2D eigenvalue weighted by Crippen LogP contribution is -2.34. The minimum Gasteiger partial charge on any atom is -0.492 e. The quantitative estimate of drug-likeness (QED) is 0.325. The number of hydrogen-bond donors (Lipinski definition) is 1. The van der Waals surface area contributed by atoms with Crippen LogP contribution < -0.4 is 15.2 Å². The van der Waals surface area contributed by atoms with E-state index in [2.05, 4.69) is 23.6 Å². The van der Waals surface area contributed by atoms with Gasteiger partial charge in [-0.25, -0.2) is 0 Å². The third kappa shape index (κ3) is 8.18. The molecule has 0 aromatic heterocycles. The summed E-state index contributed by atoms with van der Waals surface area (Å²) in [4.78, 5) is 15.0. The molecule has 2 fully saturated rings. The summed E-state index contributed by atoms with van der Waals surface area (Å²) >= 11 is 0. The Labute approximate surface area is 202 Å². The summed E-state index contributed by atoms with van der Waals surface area (Å²) < 4.78 is 11.4. The monoisotopic (exact) mass is 470 g/mol. The van der Waals surface area contributed by atoms with Crippen molar-refractivity contribution < 1.29 is 14.4 Å². The molecule has 0 amide bonds. The molecule has 34 heavy (non-hydrogen) atoms. The predicted octanol–water partition coefficient (Wildman–Crippen LogP) is 4.59. The Morgan fingerprint density at radius 1 is 0.794 bits per heavy atom. The standard InChI is InChI=1S/C13H18N2O3.C13H20N2O/c1-11(14-8-2-3-9-14)10-18-13-6-4-12(5-7-13)15(16)17;1-11(15-8-2-3-9-15)10-16-13-6-4-12(14)5-7-13/h4-7,11H,2-3,8-10H2,1H3;4-7,11H,2-3,8-10,14H2,1H3/t2*11-/m11/s1. The molecule has 4 rings (SSSR count). The van der Waals surface area contributed by atoms with Gasteiger partial charge in [0.15, 0.2) is 0 Å². The fraction of sp³-hybridized carbons (Fsp3) is 0.538. The number of nitrogens with two attached hydrogens (primary N) is 1. The largest absolute Gasteiger partial charge is 0.492 e. The van der Waals surface area contributed by atoms with Crippen molar-refractivity contribution in [3.63, 3.8) is 0 Å². The van der Waals surface area contributed by atoms with E-state index in [-0.39, 0.29) is 5.69 Å². The molecule has 2 aliphatic rings. The van der Waals surface area contributed by atoms with Gasteiger partial charge in [-0.2, -0.15) is 0 Å². The summed E-state index contributed by atoms with van der Waals surface area (Å²) in [5.41, 5.74) is 6.49. The Morgan fingerprint density at radius 3 is 1.56 bits per heavy atom. The van der Waals surface area contributed by atoms with E-state index in [0.717, 1.165) is 31.1 Å². The first-order valence-corrected chi connectivity index (χ1v) is 12.3. The Hall–Kier alpha value is -2.84. The molecule has 8 heteroatoms. The van der Waals surface area contributed by atoms with Gasteiger partial charge in [0.2, 0.25) is 0 Å². The molecule has 186 valence electrons. The highest BCUT2D eigenvalue weighted by Crippen LogP contribution is 2.19. The number of anilines is 1. The van der Waals surface area contributed by atoms with Crippen molar-refractivity contribution in [3.05, 3.63) is 58.6 Å². The first kappa shape index (κ1) is 25.8. The summed E-state index contributed by atoms with van der Waals surface area (Å²) in [6.45, 7) is 10.5. The van der Waals surface area contributed by atoms with Crippen molar-refractivity contribution in [2.75, 3.05) is 45.1 Å². The van der Waals surface area contributed by atoms with E-state index in [1.807, 2.05) is 24.3 Å². The van der Waals surface area contributed by atoms with Crippen molar-refractivity contribution >= 4 is 11.4 Å². The number of benzene rings is 2. The lowest BCUT2D eigenvalue weighted by Gasteiger charge is -2.23. The molecule has 2 aliphatic heterocycles. The molecular weight excluding hydrogens is 432 g/mol. The van der Waals surface area contributed by atoms with Crippen molar-refractivity contribution in [1.82, 2.24) is 9.80 Å². The van der Waals surface area contributed by atoms with Crippen LogP contribution in [0.5, 0.6) is 11.5 Å². The van der Waals surface area contributed by atoms with Crippen molar-refractivity contribution in [3.8, 4) is 11.5 Å². The fourth-order valence-electron chi connectivity index (χ4n) is 4.24. The summed E-state index contributed by atoms with van der Waals surface area (Å²) in [6.07, 6.45) is 5.18. The number of nitro benzene ring substituents is 1. The topological polar surface area (TPSA) is 94.1 Å². The van der Waals surface area contributed by atoms with Crippen LogP contribution in [0, 0.1) is 10.1 Å². The summed E-state index contributed by atoms with van der Waals surface area (Å²) in [7, 11) is 0. The molecule has 0 spiro atoms. The molecule has 0 bridgehead atoms. The Bertz CT molecular complexity index is 863. The maximum atomic E-state index is 10.5. The van der Waals surface area contributed by atoms with E-state index < -0.39 is 4.92 Å². The van der Waals surface area contributed by atoms with Gasteiger partial charge in [-0.15, -0.1) is 0 Å². The Balaban J connectivity index is 0.000000192. The van der Waals surface area contributed by atoms with E-state index in [1.54, 1.807) is 12.1 Å². The van der Waals surface area contributed by atoms with E-state index >= 15 is 0 Å². The average molecular weight is 471 g/mol. The Morgan fingerprint density at radius 2 is 1.18 bits per heavy atom. The minimum atomic E-state index is -0.406. The molecule has 2 heterocycles. The second kappa shape index (κ2) is 13.2. The number of nitrogen functional groups attached to an aromatic ring is 1. The molecule has 2 saturated heterocycles. The normalized spacial score (nSPS) is 18.1. The van der Waals surface area contributed by atoms with E-state index in [9.17, 15) is 10.1 Å². The zero-order valence-corrected chi connectivity index (χ0v) is 20.4. The lowest BCUT2D eigenvalue weighted by atomic mass is 10.3. The number of nitro groups is 1. The number of rotatable bonds is 9. The van der Waals surface area contributed by atoms with Gasteiger partial charge in [-0.1, -0.05) is 0 Å². The van der Waals surface area contributed by atoms with Crippen LogP contribution in [0.1, 0.15) is 39.5 Å². The molecule has 2 atom stereocenters. The highest BCUT2D eigenvalue weighted by Gasteiger charge is 2.19. The summed E-state index contributed by atoms with van der Waals surface area (Å²) in [5.74, 6) is 1.59. The van der Waals surface area contributed by atoms with Crippen LogP contribution in [0.25, 0.3) is 0 Å². The number of nitrogens with zero attached hydrogens (tertiary/aromatic N) is 3. The van der Waals surface area contributed by atoms with Crippen molar-refractivity contribution in [2.24, 2.45) is 0 Å². The molecule has 8 nitrogen and oxygen atoms in total. The molecule has 2 aromatic carbocycles. The second-order valence-electron chi connectivity index (χ2n) is 9.13. The van der Waals surface area contributed by atoms with Gasteiger partial charge in [0.1, 0.15) is 24.7 Å². The number of likely N-dealkylation sites (tertiary alicyclic amines) is 2. The van der Waals surface area contributed by atoms with E-state index in [1.165, 1.54) is 50.9 Å².